The fraction of sp³-hybridized carbons (Fsp3) is 0.529. The Morgan fingerprint density at radius 1 is 1.30 bits per heavy atom. The van der Waals surface area contributed by atoms with E-state index >= 15 is 0 Å². The molecule has 2 N–H and O–H groups in total. The van der Waals surface area contributed by atoms with Gasteiger partial charge in [0.25, 0.3) is 0 Å². The molecule has 126 valence electrons. The molecule has 1 aliphatic heterocycles. The summed E-state index contributed by atoms with van der Waals surface area (Å²) in [5.41, 5.74) is -0.615. The molecular weight excluding hydrogens is 298 g/mol. The molecule has 0 unspecified atom stereocenters. The van der Waals surface area contributed by atoms with E-state index < -0.39 is 11.7 Å². The second kappa shape index (κ2) is 7.10. The first-order chi connectivity index (χ1) is 10.8. The minimum atomic E-state index is -1.16. The molecule has 6 nitrogen and oxygen atoms in total. The summed E-state index contributed by atoms with van der Waals surface area (Å²) in [5.74, 6) is 0.388. The maximum Gasteiger partial charge on any atom is 0.223 e. The number of aliphatic hydroxyl groups excluding tert-OH is 1. The van der Waals surface area contributed by atoms with Gasteiger partial charge in [0.15, 0.2) is 5.78 Å². The van der Waals surface area contributed by atoms with Gasteiger partial charge in [-0.15, -0.1) is 0 Å². The average molecular weight is 321 g/mol. The topological polar surface area (TPSA) is 87.1 Å². The van der Waals surface area contributed by atoms with Gasteiger partial charge in [0.2, 0.25) is 5.91 Å². The summed E-state index contributed by atoms with van der Waals surface area (Å²) in [6, 6.07) is 6.76. The van der Waals surface area contributed by atoms with E-state index in [2.05, 4.69) is 0 Å². The van der Waals surface area contributed by atoms with Gasteiger partial charge < -0.3 is 19.8 Å². The van der Waals surface area contributed by atoms with Crippen LogP contribution in [0.25, 0.3) is 0 Å². The number of hydrogen-bond donors (Lipinski definition) is 2. The predicted molar refractivity (Wildman–Crippen MR) is 84.4 cm³/mol. The van der Waals surface area contributed by atoms with Crippen molar-refractivity contribution in [1.29, 1.82) is 0 Å². The van der Waals surface area contributed by atoms with Crippen molar-refractivity contribution < 1.29 is 24.5 Å². The SMILES string of the molecule is COc1ccc(C(=O)CCC(=O)N2CC[C@@](C)(O)[C@H](O)C2)cc1. The van der Waals surface area contributed by atoms with Gasteiger partial charge in [0.1, 0.15) is 5.75 Å². The number of ether oxygens (including phenoxy) is 1. The zero-order valence-corrected chi connectivity index (χ0v) is 13.5. The van der Waals surface area contributed by atoms with Crippen LogP contribution in [-0.4, -0.2) is 58.7 Å². The van der Waals surface area contributed by atoms with Crippen LogP contribution < -0.4 is 4.74 Å². The lowest BCUT2D eigenvalue weighted by molar-refractivity contribution is -0.146. The summed E-state index contributed by atoms with van der Waals surface area (Å²) in [6.45, 7) is 2.05. The molecular formula is C17H23NO5. The Kier molecular flexibility index (Phi) is 5.38. The zero-order chi connectivity index (χ0) is 17.0. The minimum absolute atomic E-state index is 0.0969. The number of methoxy groups -OCH3 is 1. The summed E-state index contributed by atoms with van der Waals surface area (Å²) >= 11 is 0. The van der Waals surface area contributed by atoms with Crippen molar-refractivity contribution in [2.45, 2.75) is 37.9 Å². The number of carbonyl (C=O) groups excluding carboxylic acids is 2. The first-order valence-electron chi connectivity index (χ1n) is 7.69. The largest absolute Gasteiger partial charge is 0.497 e. The van der Waals surface area contributed by atoms with Gasteiger partial charge in [-0.1, -0.05) is 0 Å². The third-order valence-corrected chi connectivity index (χ3v) is 4.33. The third-order valence-electron chi connectivity index (χ3n) is 4.33. The number of β-amino-alcohol motifs (C(OH)–C–C–N with tert-alkyl or cyclic N) is 1. The van der Waals surface area contributed by atoms with Crippen LogP contribution in [0.2, 0.25) is 0 Å². The molecule has 1 aromatic rings. The lowest BCUT2D eigenvalue weighted by Crippen LogP contribution is -2.55. The number of rotatable bonds is 5. The fourth-order valence-electron chi connectivity index (χ4n) is 2.55. The van der Waals surface area contributed by atoms with E-state index in [1.807, 2.05) is 0 Å². The van der Waals surface area contributed by atoms with Crippen molar-refractivity contribution >= 4 is 11.7 Å². The molecule has 0 radical (unpaired) electrons. The normalized spacial score (nSPS) is 24.3. The van der Waals surface area contributed by atoms with E-state index in [1.54, 1.807) is 38.3 Å². The second-order valence-electron chi connectivity index (χ2n) is 6.11. The van der Waals surface area contributed by atoms with Crippen LogP contribution in [0, 0.1) is 0 Å². The standard InChI is InChI=1S/C17H23NO5/c1-17(22)9-10-18(11-15(17)20)16(21)8-7-14(19)12-3-5-13(23-2)6-4-12/h3-6,15,20,22H,7-11H2,1-2H3/t15-,17-/m1/s1. The van der Waals surface area contributed by atoms with Crippen LogP contribution in [0.5, 0.6) is 5.75 Å². The summed E-state index contributed by atoms with van der Waals surface area (Å²) < 4.78 is 5.04. The molecule has 1 heterocycles. The molecule has 0 bridgehead atoms. The highest BCUT2D eigenvalue weighted by molar-refractivity contribution is 5.98. The summed E-state index contributed by atoms with van der Waals surface area (Å²) in [7, 11) is 1.56. The molecule has 2 atom stereocenters. The number of hydrogen-bond acceptors (Lipinski definition) is 5. The van der Waals surface area contributed by atoms with Gasteiger partial charge in [0.05, 0.1) is 18.8 Å². The van der Waals surface area contributed by atoms with E-state index in [1.165, 1.54) is 4.90 Å². The summed E-state index contributed by atoms with van der Waals surface area (Å²) in [4.78, 5) is 25.8. The maximum absolute atomic E-state index is 12.2. The highest BCUT2D eigenvalue weighted by Gasteiger charge is 2.37. The first kappa shape index (κ1) is 17.4. The smallest absolute Gasteiger partial charge is 0.223 e. The number of piperidine rings is 1. The monoisotopic (exact) mass is 321 g/mol. The predicted octanol–water partition coefficient (Wildman–Crippen LogP) is 1.00. The minimum Gasteiger partial charge on any atom is -0.497 e. The zero-order valence-electron chi connectivity index (χ0n) is 13.5. The Bertz CT molecular complexity index is 567. The lowest BCUT2D eigenvalue weighted by atomic mass is 9.90. The number of carbonyl (C=O) groups is 2. The Morgan fingerprint density at radius 3 is 2.52 bits per heavy atom. The molecule has 0 spiro atoms. The molecule has 1 aromatic carbocycles. The Hall–Kier alpha value is -1.92. The molecule has 1 aliphatic rings. The fourth-order valence-corrected chi connectivity index (χ4v) is 2.55. The number of aliphatic hydroxyl groups is 2. The van der Waals surface area contributed by atoms with E-state index in [0.29, 0.717) is 24.3 Å². The molecule has 1 amide bonds. The maximum atomic E-state index is 12.2. The molecule has 1 saturated heterocycles. The van der Waals surface area contributed by atoms with Gasteiger partial charge in [-0.3, -0.25) is 9.59 Å². The van der Waals surface area contributed by atoms with Gasteiger partial charge in [-0.05, 0) is 37.6 Å². The van der Waals surface area contributed by atoms with Gasteiger partial charge >= 0.3 is 0 Å². The number of likely N-dealkylation sites (tertiary alicyclic amines) is 1. The highest BCUT2D eigenvalue weighted by atomic mass is 16.5. The number of amides is 1. The number of Topliss-reactive ketones (excluding diaryl/α,β-unsaturated/α-hetero) is 1. The number of nitrogens with zero attached hydrogens (tertiary/aromatic N) is 1. The molecule has 6 heteroatoms. The van der Waals surface area contributed by atoms with Crippen molar-refractivity contribution in [3.05, 3.63) is 29.8 Å². The van der Waals surface area contributed by atoms with Crippen LogP contribution in [0.1, 0.15) is 36.5 Å². The third kappa shape index (κ3) is 4.30. The second-order valence-corrected chi connectivity index (χ2v) is 6.11. The van der Waals surface area contributed by atoms with Crippen molar-refractivity contribution in [2.24, 2.45) is 0 Å². The Labute approximate surface area is 135 Å². The molecule has 0 aliphatic carbocycles. The molecule has 2 rings (SSSR count). The number of benzene rings is 1. The quantitative estimate of drug-likeness (QED) is 0.790. The van der Waals surface area contributed by atoms with E-state index in [0.717, 1.165) is 0 Å². The molecule has 23 heavy (non-hydrogen) atoms. The van der Waals surface area contributed by atoms with E-state index in [9.17, 15) is 19.8 Å². The summed E-state index contributed by atoms with van der Waals surface area (Å²) in [5, 5.41) is 19.7. The summed E-state index contributed by atoms with van der Waals surface area (Å²) in [6.07, 6.45) is -0.419. The first-order valence-corrected chi connectivity index (χ1v) is 7.69. The lowest BCUT2D eigenvalue weighted by Gasteiger charge is -2.39. The highest BCUT2D eigenvalue weighted by Crippen LogP contribution is 2.22. The van der Waals surface area contributed by atoms with Crippen LogP contribution in [-0.2, 0) is 4.79 Å². The average Bonchev–Trinajstić information content (AvgIpc) is 2.55. The van der Waals surface area contributed by atoms with Gasteiger partial charge in [-0.25, -0.2) is 0 Å². The van der Waals surface area contributed by atoms with Crippen LogP contribution in [0.4, 0.5) is 0 Å². The molecule has 0 aromatic heterocycles. The van der Waals surface area contributed by atoms with E-state index in [4.69, 9.17) is 4.74 Å². The van der Waals surface area contributed by atoms with Crippen molar-refractivity contribution in [1.82, 2.24) is 4.90 Å². The van der Waals surface area contributed by atoms with Crippen LogP contribution in [0.3, 0.4) is 0 Å². The Balaban J connectivity index is 1.85. The molecule has 0 saturated carbocycles. The van der Waals surface area contributed by atoms with E-state index in [-0.39, 0.29) is 31.1 Å². The van der Waals surface area contributed by atoms with Crippen LogP contribution >= 0.6 is 0 Å². The Morgan fingerprint density at radius 2 is 1.96 bits per heavy atom. The molecule has 1 fully saturated rings. The van der Waals surface area contributed by atoms with Crippen molar-refractivity contribution in [3.63, 3.8) is 0 Å². The van der Waals surface area contributed by atoms with Crippen molar-refractivity contribution in [3.8, 4) is 5.75 Å². The van der Waals surface area contributed by atoms with Crippen molar-refractivity contribution in [2.75, 3.05) is 20.2 Å². The van der Waals surface area contributed by atoms with Crippen LogP contribution in [0.15, 0.2) is 24.3 Å². The van der Waals surface area contributed by atoms with Gasteiger partial charge in [0, 0.05) is 31.5 Å². The number of ketones is 1. The van der Waals surface area contributed by atoms with Gasteiger partial charge in [-0.2, -0.15) is 0 Å².